The van der Waals surface area contributed by atoms with Gasteiger partial charge in [0.15, 0.2) is 0 Å². The zero-order valence-corrected chi connectivity index (χ0v) is 7.22. The lowest BCUT2D eigenvalue weighted by atomic mass is 9.93. The van der Waals surface area contributed by atoms with E-state index in [0.717, 1.165) is 0 Å². The molecule has 0 aliphatic rings. The van der Waals surface area contributed by atoms with Crippen LogP contribution in [-0.4, -0.2) is 17.8 Å². The molecule has 0 bridgehead atoms. The Balaban J connectivity index is 2.94. The first kappa shape index (κ1) is 8.44. The van der Waals surface area contributed by atoms with Crippen LogP contribution in [-0.2, 0) is 0 Å². The number of hydrogen-bond donors (Lipinski definition) is 0. The van der Waals surface area contributed by atoms with Gasteiger partial charge in [0.2, 0.25) is 0 Å². The maximum absolute atomic E-state index is 12.9. The zero-order chi connectivity index (χ0) is 9.42. The second-order valence-corrected chi connectivity index (χ2v) is 2.91. The van der Waals surface area contributed by atoms with Gasteiger partial charge in [-0.05, 0) is 12.1 Å². The number of benzene rings is 1. The maximum atomic E-state index is 12.9. The lowest BCUT2D eigenvalue weighted by molar-refractivity contribution is 0.630. The second-order valence-electron chi connectivity index (χ2n) is 2.56. The van der Waals surface area contributed by atoms with Crippen molar-refractivity contribution in [2.24, 2.45) is 0 Å². The normalized spacial score (nSPS) is 10.6. The summed E-state index contributed by atoms with van der Waals surface area (Å²) in [6.07, 6.45) is 1.29. The summed E-state index contributed by atoms with van der Waals surface area (Å²) in [5.41, 5.74) is 0.737. The SMILES string of the molecule is [B]c1cc(F)cc2c(Cl)ncnc12. The Hall–Kier alpha value is -1.16. The van der Waals surface area contributed by atoms with Gasteiger partial charge in [-0.25, -0.2) is 14.4 Å². The van der Waals surface area contributed by atoms with Gasteiger partial charge in [-0.2, -0.15) is 0 Å². The standard InChI is InChI=1S/C8H3BClFN2/c9-6-2-4(11)1-5-7(6)12-3-13-8(5)10/h1-3H. The van der Waals surface area contributed by atoms with E-state index in [1.54, 1.807) is 0 Å². The minimum Gasteiger partial charge on any atom is -0.237 e. The molecule has 1 aromatic carbocycles. The number of halogens is 2. The lowest BCUT2D eigenvalue weighted by Gasteiger charge is -2.02. The van der Waals surface area contributed by atoms with Gasteiger partial charge in [-0.15, -0.1) is 0 Å². The van der Waals surface area contributed by atoms with Gasteiger partial charge in [0.25, 0.3) is 0 Å². The number of aromatic nitrogens is 2. The molecule has 2 nitrogen and oxygen atoms in total. The van der Waals surface area contributed by atoms with Crippen molar-refractivity contribution in [3.8, 4) is 0 Å². The van der Waals surface area contributed by atoms with Crippen LogP contribution in [0.25, 0.3) is 10.9 Å². The van der Waals surface area contributed by atoms with Gasteiger partial charge in [0.05, 0.1) is 5.52 Å². The smallest absolute Gasteiger partial charge is 0.140 e. The minimum absolute atomic E-state index is 0.205. The molecule has 1 heterocycles. The van der Waals surface area contributed by atoms with Crippen LogP contribution in [0.15, 0.2) is 18.5 Å². The highest BCUT2D eigenvalue weighted by molar-refractivity contribution is 6.40. The Morgan fingerprint density at radius 1 is 1.31 bits per heavy atom. The fraction of sp³-hybridized carbons (Fsp3) is 0. The summed E-state index contributed by atoms with van der Waals surface area (Å²) in [4.78, 5) is 7.62. The van der Waals surface area contributed by atoms with Crippen LogP contribution in [0.4, 0.5) is 4.39 Å². The van der Waals surface area contributed by atoms with Gasteiger partial charge in [0, 0.05) is 5.39 Å². The number of hydrogen-bond acceptors (Lipinski definition) is 2. The molecule has 0 aliphatic carbocycles. The molecule has 5 heteroatoms. The molecule has 0 N–H and O–H groups in total. The first-order valence-corrected chi connectivity index (χ1v) is 3.91. The van der Waals surface area contributed by atoms with Crippen molar-refractivity contribution in [1.82, 2.24) is 9.97 Å². The van der Waals surface area contributed by atoms with E-state index >= 15 is 0 Å². The van der Waals surface area contributed by atoms with Gasteiger partial charge in [0.1, 0.15) is 25.1 Å². The topological polar surface area (TPSA) is 25.8 Å². The third-order valence-electron chi connectivity index (χ3n) is 1.68. The van der Waals surface area contributed by atoms with E-state index in [2.05, 4.69) is 9.97 Å². The summed E-state index contributed by atoms with van der Waals surface area (Å²) in [6.45, 7) is 0. The maximum Gasteiger partial charge on any atom is 0.140 e. The van der Waals surface area contributed by atoms with Crippen LogP contribution in [0.2, 0.25) is 5.15 Å². The molecule has 0 spiro atoms. The van der Waals surface area contributed by atoms with E-state index in [1.807, 2.05) is 0 Å². The van der Waals surface area contributed by atoms with Crippen molar-refractivity contribution in [2.45, 2.75) is 0 Å². The van der Waals surface area contributed by atoms with Crippen molar-refractivity contribution < 1.29 is 4.39 Å². The molecule has 13 heavy (non-hydrogen) atoms. The average Bonchev–Trinajstić information content (AvgIpc) is 2.07. The molecule has 0 aliphatic heterocycles. The average molecular weight is 192 g/mol. The highest BCUT2D eigenvalue weighted by Gasteiger charge is 2.05. The summed E-state index contributed by atoms with van der Waals surface area (Å²) in [5, 5.41) is 0.637. The van der Waals surface area contributed by atoms with E-state index in [4.69, 9.17) is 19.4 Å². The molecule has 2 aromatic rings. The molecule has 0 atom stereocenters. The van der Waals surface area contributed by atoms with Crippen LogP contribution in [0.1, 0.15) is 0 Å². The summed E-state index contributed by atoms with van der Waals surface area (Å²) < 4.78 is 12.9. The predicted molar refractivity (Wildman–Crippen MR) is 49.9 cm³/mol. The molecule has 1 aromatic heterocycles. The molecule has 0 unspecified atom stereocenters. The number of nitrogens with zero attached hydrogens (tertiary/aromatic N) is 2. The molecule has 0 saturated heterocycles. The first-order chi connectivity index (χ1) is 6.18. The largest absolute Gasteiger partial charge is 0.237 e. The minimum atomic E-state index is -0.443. The third-order valence-corrected chi connectivity index (χ3v) is 1.99. The van der Waals surface area contributed by atoms with E-state index in [1.165, 1.54) is 18.5 Å². The van der Waals surface area contributed by atoms with Crippen LogP contribution in [0.3, 0.4) is 0 Å². The molecular weight excluding hydrogens is 189 g/mol. The third kappa shape index (κ3) is 1.37. The molecule has 2 rings (SSSR count). The lowest BCUT2D eigenvalue weighted by Crippen LogP contribution is -2.07. The van der Waals surface area contributed by atoms with Crippen LogP contribution < -0.4 is 5.46 Å². The molecule has 62 valence electrons. The molecular formula is C8H3BClFN2. The fourth-order valence-electron chi connectivity index (χ4n) is 1.13. The molecule has 0 amide bonds. The Labute approximate surface area is 80.2 Å². The van der Waals surface area contributed by atoms with Crippen molar-refractivity contribution in [3.63, 3.8) is 0 Å². The van der Waals surface area contributed by atoms with Gasteiger partial charge in [-0.1, -0.05) is 17.1 Å². The quantitative estimate of drug-likeness (QED) is 0.463. The van der Waals surface area contributed by atoms with E-state index in [-0.39, 0.29) is 10.6 Å². The van der Waals surface area contributed by atoms with Crippen molar-refractivity contribution in [2.75, 3.05) is 0 Å². The van der Waals surface area contributed by atoms with E-state index < -0.39 is 5.82 Å². The molecule has 0 fully saturated rings. The summed E-state index contributed by atoms with van der Waals surface area (Å²) in [6, 6.07) is 2.46. The monoisotopic (exact) mass is 192 g/mol. The van der Waals surface area contributed by atoms with Gasteiger partial charge >= 0.3 is 0 Å². The summed E-state index contributed by atoms with van der Waals surface area (Å²) >= 11 is 5.73. The van der Waals surface area contributed by atoms with Crippen molar-refractivity contribution >= 4 is 35.8 Å². The Morgan fingerprint density at radius 2 is 2.08 bits per heavy atom. The van der Waals surface area contributed by atoms with Crippen LogP contribution >= 0.6 is 11.6 Å². The van der Waals surface area contributed by atoms with Crippen LogP contribution in [0, 0.1) is 5.82 Å². The summed E-state index contributed by atoms with van der Waals surface area (Å²) in [7, 11) is 5.54. The Bertz CT molecular complexity index is 475. The fourth-order valence-corrected chi connectivity index (χ4v) is 1.32. The Kier molecular flexibility index (Phi) is 1.92. The predicted octanol–water partition coefficient (Wildman–Crippen LogP) is 1.22. The first-order valence-electron chi connectivity index (χ1n) is 3.53. The van der Waals surface area contributed by atoms with Gasteiger partial charge < -0.3 is 0 Å². The molecule has 2 radical (unpaired) electrons. The second kappa shape index (κ2) is 2.96. The highest BCUT2D eigenvalue weighted by atomic mass is 35.5. The number of rotatable bonds is 0. The van der Waals surface area contributed by atoms with Crippen molar-refractivity contribution in [3.05, 3.63) is 29.4 Å². The summed E-state index contributed by atoms with van der Waals surface area (Å²) in [5.74, 6) is -0.443. The Morgan fingerprint density at radius 3 is 2.85 bits per heavy atom. The highest BCUT2D eigenvalue weighted by Crippen LogP contribution is 2.17. The van der Waals surface area contributed by atoms with E-state index in [0.29, 0.717) is 10.9 Å². The van der Waals surface area contributed by atoms with Crippen molar-refractivity contribution in [1.29, 1.82) is 0 Å². The van der Waals surface area contributed by atoms with E-state index in [9.17, 15) is 4.39 Å². The molecule has 0 saturated carbocycles. The zero-order valence-electron chi connectivity index (χ0n) is 6.46. The van der Waals surface area contributed by atoms with Crippen LogP contribution in [0.5, 0.6) is 0 Å². The van der Waals surface area contributed by atoms with Gasteiger partial charge in [-0.3, -0.25) is 0 Å². The number of fused-ring (bicyclic) bond motifs is 1.